The minimum Gasteiger partial charge on any atom is -0.322 e. The standard InChI is InChI=1S/C20H18N6O3/c1-2-3-9-25-19(28)16-8-7-13(10-17(16)20(25)29)18(27)22-14-5-4-6-15(11-14)26-12-21-23-24-26/h4-8,10-12H,2-3,9H2,1H3,(H,22,27). The van der Waals surface area contributed by atoms with Crippen molar-refractivity contribution >= 4 is 23.4 Å². The van der Waals surface area contributed by atoms with Crippen LogP contribution >= 0.6 is 0 Å². The Hall–Kier alpha value is -3.88. The monoisotopic (exact) mass is 390 g/mol. The van der Waals surface area contributed by atoms with E-state index in [1.165, 1.54) is 28.0 Å². The molecule has 3 aromatic rings. The van der Waals surface area contributed by atoms with E-state index in [-0.39, 0.29) is 23.3 Å². The van der Waals surface area contributed by atoms with Gasteiger partial charge in [-0.15, -0.1) is 5.10 Å². The van der Waals surface area contributed by atoms with Crippen LogP contribution in [-0.4, -0.2) is 49.4 Å². The molecular formula is C20H18N6O3. The lowest BCUT2D eigenvalue weighted by molar-refractivity contribution is 0.0652. The highest BCUT2D eigenvalue weighted by Crippen LogP contribution is 2.25. The van der Waals surface area contributed by atoms with Crippen LogP contribution in [0.3, 0.4) is 0 Å². The fourth-order valence-corrected chi connectivity index (χ4v) is 3.16. The zero-order valence-electron chi connectivity index (χ0n) is 15.7. The minimum atomic E-state index is -0.381. The van der Waals surface area contributed by atoms with E-state index in [0.29, 0.717) is 29.0 Å². The Morgan fingerprint density at radius 2 is 1.90 bits per heavy atom. The largest absolute Gasteiger partial charge is 0.322 e. The quantitative estimate of drug-likeness (QED) is 0.647. The first-order valence-electron chi connectivity index (χ1n) is 9.23. The summed E-state index contributed by atoms with van der Waals surface area (Å²) in [5, 5.41) is 13.8. The van der Waals surface area contributed by atoms with E-state index in [0.717, 1.165) is 12.8 Å². The van der Waals surface area contributed by atoms with Crippen molar-refractivity contribution < 1.29 is 14.4 Å². The molecule has 0 radical (unpaired) electrons. The van der Waals surface area contributed by atoms with Crippen molar-refractivity contribution in [2.24, 2.45) is 0 Å². The topological polar surface area (TPSA) is 110 Å². The second kappa shape index (κ2) is 7.63. The SMILES string of the molecule is CCCCN1C(=O)c2ccc(C(=O)Nc3cccc(-n4cnnn4)c3)cc2C1=O. The fraction of sp³-hybridized carbons (Fsp3) is 0.200. The van der Waals surface area contributed by atoms with Crippen LogP contribution in [-0.2, 0) is 0 Å². The number of aromatic nitrogens is 4. The Labute approximate surface area is 166 Å². The van der Waals surface area contributed by atoms with Crippen molar-refractivity contribution in [3.05, 3.63) is 65.5 Å². The summed E-state index contributed by atoms with van der Waals surface area (Å²) in [6, 6.07) is 11.6. The molecule has 9 heteroatoms. The Morgan fingerprint density at radius 3 is 2.66 bits per heavy atom. The number of nitrogens with zero attached hydrogens (tertiary/aromatic N) is 5. The van der Waals surface area contributed by atoms with E-state index in [4.69, 9.17) is 0 Å². The van der Waals surface area contributed by atoms with E-state index in [2.05, 4.69) is 20.8 Å². The van der Waals surface area contributed by atoms with Gasteiger partial charge in [0.05, 0.1) is 16.8 Å². The highest BCUT2D eigenvalue weighted by atomic mass is 16.2. The first kappa shape index (κ1) is 18.5. The van der Waals surface area contributed by atoms with Crippen LogP contribution in [0.1, 0.15) is 50.8 Å². The van der Waals surface area contributed by atoms with Crippen LogP contribution in [0, 0.1) is 0 Å². The van der Waals surface area contributed by atoms with Crippen molar-refractivity contribution in [2.75, 3.05) is 11.9 Å². The molecule has 0 saturated carbocycles. The van der Waals surface area contributed by atoms with Crippen molar-refractivity contribution in [3.8, 4) is 5.69 Å². The highest BCUT2D eigenvalue weighted by molar-refractivity contribution is 6.22. The summed E-state index contributed by atoms with van der Waals surface area (Å²) >= 11 is 0. The van der Waals surface area contributed by atoms with Crippen LogP contribution in [0.15, 0.2) is 48.8 Å². The van der Waals surface area contributed by atoms with Crippen molar-refractivity contribution in [2.45, 2.75) is 19.8 Å². The predicted molar refractivity (Wildman–Crippen MR) is 104 cm³/mol. The predicted octanol–water partition coefficient (Wildman–Crippen LogP) is 2.31. The number of carbonyl (C=O) groups excluding carboxylic acids is 3. The number of hydrogen-bond acceptors (Lipinski definition) is 6. The van der Waals surface area contributed by atoms with Gasteiger partial charge in [0, 0.05) is 17.8 Å². The summed E-state index contributed by atoms with van der Waals surface area (Å²) in [5.74, 6) is -1.04. The summed E-state index contributed by atoms with van der Waals surface area (Å²) in [6.45, 7) is 2.38. The molecule has 0 saturated heterocycles. The molecule has 0 aliphatic carbocycles. The summed E-state index contributed by atoms with van der Waals surface area (Å²) in [5.41, 5.74) is 2.14. The van der Waals surface area contributed by atoms with Gasteiger partial charge in [-0.25, -0.2) is 4.68 Å². The highest BCUT2D eigenvalue weighted by Gasteiger charge is 2.35. The lowest BCUT2D eigenvalue weighted by Gasteiger charge is -2.12. The number of hydrogen-bond donors (Lipinski definition) is 1. The van der Waals surface area contributed by atoms with E-state index in [9.17, 15) is 14.4 Å². The molecule has 3 amide bonds. The van der Waals surface area contributed by atoms with Crippen LogP contribution in [0.4, 0.5) is 5.69 Å². The fourth-order valence-electron chi connectivity index (χ4n) is 3.16. The zero-order valence-corrected chi connectivity index (χ0v) is 15.7. The van der Waals surface area contributed by atoms with Gasteiger partial charge < -0.3 is 5.32 Å². The molecule has 9 nitrogen and oxygen atoms in total. The number of imide groups is 1. The lowest BCUT2D eigenvalue weighted by atomic mass is 10.1. The number of rotatable bonds is 6. The number of unbranched alkanes of at least 4 members (excludes halogenated alkanes) is 1. The number of tetrazole rings is 1. The van der Waals surface area contributed by atoms with Gasteiger partial charge in [-0.3, -0.25) is 19.3 Å². The first-order valence-corrected chi connectivity index (χ1v) is 9.23. The molecule has 2 aromatic carbocycles. The third-order valence-corrected chi connectivity index (χ3v) is 4.69. The Kier molecular flexibility index (Phi) is 4.86. The van der Waals surface area contributed by atoms with Crippen molar-refractivity contribution in [3.63, 3.8) is 0 Å². The molecule has 1 N–H and O–H groups in total. The van der Waals surface area contributed by atoms with E-state index < -0.39 is 0 Å². The maximum Gasteiger partial charge on any atom is 0.261 e. The van der Waals surface area contributed by atoms with E-state index >= 15 is 0 Å². The Morgan fingerprint density at radius 1 is 1.07 bits per heavy atom. The minimum absolute atomic E-state index is 0.265. The average molecular weight is 390 g/mol. The van der Waals surface area contributed by atoms with Crippen molar-refractivity contribution in [1.82, 2.24) is 25.1 Å². The lowest BCUT2D eigenvalue weighted by Crippen LogP contribution is -2.30. The van der Waals surface area contributed by atoms with Crippen LogP contribution in [0.25, 0.3) is 5.69 Å². The zero-order chi connectivity index (χ0) is 20.4. The molecule has 1 aliphatic rings. The van der Waals surface area contributed by atoms with Crippen LogP contribution < -0.4 is 5.32 Å². The van der Waals surface area contributed by atoms with Crippen LogP contribution in [0.5, 0.6) is 0 Å². The molecule has 0 bridgehead atoms. The molecule has 0 spiro atoms. The Bertz CT molecular complexity index is 1090. The molecule has 4 rings (SSSR count). The molecule has 0 unspecified atom stereocenters. The van der Waals surface area contributed by atoms with Gasteiger partial charge in [0.2, 0.25) is 0 Å². The number of anilines is 1. The third kappa shape index (κ3) is 3.49. The molecule has 0 atom stereocenters. The summed E-state index contributed by atoms with van der Waals surface area (Å²) in [6.07, 6.45) is 3.08. The van der Waals surface area contributed by atoms with Gasteiger partial charge in [-0.1, -0.05) is 19.4 Å². The Balaban J connectivity index is 1.54. The van der Waals surface area contributed by atoms with E-state index in [1.807, 2.05) is 6.92 Å². The molecule has 1 aromatic heterocycles. The maximum atomic E-state index is 12.7. The second-order valence-corrected chi connectivity index (χ2v) is 6.63. The van der Waals surface area contributed by atoms with Gasteiger partial charge in [0.1, 0.15) is 6.33 Å². The number of nitrogens with one attached hydrogen (secondary N) is 1. The molecule has 2 heterocycles. The molecular weight excluding hydrogens is 372 g/mol. The van der Waals surface area contributed by atoms with Gasteiger partial charge in [-0.2, -0.15) is 0 Å². The van der Waals surface area contributed by atoms with Gasteiger partial charge in [0.15, 0.2) is 0 Å². The number of benzene rings is 2. The molecule has 29 heavy (non-hydrogen) atoms. The van der Waals surface area contributed by atoms with Gasteiger partial charge in [-0.05, 0) is 53.2 Å². The van der Waals surface area contributed by atoms with E-state index in [1.54, 1.807) is 30.3 Å². The first-order chi connectivity index (χ1) is 14.1. The van der Waals surface area contributed by atoms with Crippen molar-refractivity contribution in [1.29, 1.82) is 0 Å². The molecule has 0 fully saturated rings. The normalized spacial score (nSPS) is 12.9. The average Bonchev–Trinajstić information content (AvgIpc) is 3.35. The van der Waals surface area contributed by atoms with Crippen LogP contribution in [0.2, 0.25) is 0 Å². The molecule has 1 aliphatic heterocycles. The third-order valence-electron chi connectivity index (χ3n) is 4.69. The molecule has 146 valence electrons. The number of carbonyl (C=O) groups is 3. The maximum absolute atomic E-state index is 12.7. The second-order valence-electron chi connectivity index (χ2n) is 6.63. The summed E-state index contributed by atoms with van der Waals surface area (Å²) < 4.78 is 1.47. The number of fused-ring (bicyclic) bond motifs is 1. The number of amides is 3. The summed E-state index contributed by atoms with van der Waals surface area (Å²) in [4.78, 5) is 38.9. The summed E-state index contributed by atoms with van der Waals surface area (Å²) in [7, 11) is 0. The smallest absolute Gasteiger partial charge is 0.261 e. The van der Waals surface area contributed by atoms with Gasteiger partial charge in [0.25, 0.3) is 17.7 Å². The van der Waals surface area contributed by atoms with Gasteiger partial charge >= 0.3 is 0 Å².